The minimum absolute atomic E-state index is 0.785. The maximum atomic E-state index is 5.94. The molecule has 2 rings (SSSR count). The zero-order valence-corrected chi connectivity index (χ0v) is 10.6. The van der Waals surface area contributed by atoms with Crippen molar-refractivity contribution in [3.8, 4) is 11.1 Å². The van der Waals surface area contributed by atoms with Gasteiger partial charge in [0, 0.05) is 16.3 Å². The van der Waals surface area contributed by atoms with Gasteiger partial charge in [-0.05, 0) is 41.1 Å². The molecular formula is C14H16N2S. The summed E-state index contributed by atoms with van der Waals surface area (Å²) in [5.74, 6) is 1.02. The highest BCUT2D eigenvalue weighted by Gasteiger charge is 2.03. The van der Waals surface area contributed by atoms with Crippen LogP contribution in [0.3, 0.4) is 0 Å². The fourth-order valence-electron chi connectivity index (χ4n) is 1.67. The lowest BCUT2D eigenvalue weighted by Gasteiger charge is -2.08. The van der Waals surface area contributed by atoms with Gasteiger partial charge in [-0.3, -0.25) is 0 Å². The fourth-order valence-corrected chi connectivity index (χ4v) is 2.43. The van der Waals surface area contributed by atoms with Crippen molar-refractivity contribution in [1.82, 2.24) is 0 Å². The maximum Gasteiger partial charge on any atom is 0.0452 e. The van der Waals surface area contributed by atoms with Crippen LogP contribution in [0.25, 0.3) is 11.1 Å². The molecule has 2 nitrogen and oxygen atoms in total. The standard InChI is InChI=1S/C14H16N2S/c1-2-17-14-9-11(5-8-13(14)16)10-3-6-12(15)7-4-10/h3-9H,2,15-16H2,1H3. The molecule has 17 heavy (non-hydrogen) atoms. The Bertz CT molecular complexity index is 506. The van der Waals surface area contributed by atoms with Gasteiger partial charge >= 0.3 is 0 Å². The van der Waals surface area contributed by atoms with Crippen LogP contribution < -0.4 is 11.5 Å². The molecule has 0 spiro atoms. The molecule has 0 aliphatic heterocycles. The molecule has 88 valence electrons. The average Bonchev–Trinajstić information content (AvgIpc) is 2.33. The van der Waals surface area contributed by atoms with E-state index >= 15 is 0 Å². The SMILES string of the molecule is CCSc1cc(-c2ccc(N)cc2)ccc1N. The minimum Gasteiger partial charge on any atom is -0.399 e. The summed E-state index contributed by atoms with van der Waals surface area (Å²) in [5, 5.41) is 0. The Morgan fingerprint density at radius 2 is 1.59 bits per heavy atom. The zero-order chi connectivity index (χ0) is 12.3. The summed E-state index contributed by atoms with van der Waals surface area (Å²) >= 11 is 1.76. The van der Waals surface area contributed by atoms with Crippen molar-refractivity contribution in [2.45, 2.75) is 11.8 Å². The number of rotatable bonds is 3. The molecular weight excluding hydrogens is 228 g/mol. The highest BCUT2D eigenvalue weighted by atomic mass is 32.2. The van der Waals surface area contributed by atoms with E-state index in [9.17, 15) is 0 Å². The Morgan fingerprint density at radius 1 is 0.941 bits per heavy atom. The lowest BCUT2D eigenvalue weighted by molar-refractivity contribution is 1.42. The third-order valence-electron chi connectivity index (χ3n) is 2.56. The number of benzene rings is 2. The number of nitrogen functional groups attached to an aromatic ring is 2. The second kappa shape index (κ2) is 5.15. The van der Waals surface area contributed by atoms with Crippen molar-refractivity contribution >= 4 is 23.1 Å². The van der Waals surface area contributed by atoms with Crippen LogP contribution in [0.1, 0.15) is 6.92 Å². The topological polar surface area (TPSA) is 52.0 Å². The van der Waals surface area contributed by atoms with Crippen LogP contribution in [-0.4, -0.2) is 5.75 Å². The van der Waals surface area contributed by atoms with Gasteiger partial charge in [-0.1, -0.05) is 25.1 Å². The Morgan fingerprint density at radius 3 is 2.24 bits per heavy atom. The molecule has 2 aromatic carbocycles. The first-order chi connectivity index (χ1) is 8.20. The third kappa shape index (κ3) is 2.74. The first-order valence-corrected chi connectivity index (χ1v) is 6.57. The monoisotopic (exact) mass is 244 g/mol. The fraction of sp³-hybridized carbons (Fsp3) is 0.143. The van der Waals surface area contributed by atoms with Gasteiger partial charge in [0.05, 0.1) is 0 Å². The summed E-state index contributed by atoms with van der Waals surface area (Å²) in [5.41, 5.74) is 15.6. The molecule has 0 aliphatic rings. The van der Waals surface area contributed by atoms with E-state index in [0.717, 1.165) is 27.6 Å². The predicted octanol–water partition coefficient (Wildman–Crippen LogP) is 3.63. The van der Waals surface area contributed by atoms with Crippen molar-refractivity contribution in [2.75, 3.05) is 17.2 Å². The van der Waals surface area contributed by atoms with Crippen molar-refractivity contribution in [3.63, 3.8) is 0 Å². The first kappa shape index (κ1) is 11.9. The molecule has 0 bridgehead atoms. The average molecular weight is 244 g/mol. The van der Waals surface area contributed by atoms with E-state index in [1.165, 1.54) is 5.56 Å². The molecule has 3 heteroatoms. The quantitative estimate of drug-likeness (QED) is 0.640. The summed E-state index contributed by atoms with van der Waals surface area (Å²) in [6, 6.07) is 14.0. The second-order valence-corrected chi connectivity index (χ2v) is 5.11. The number of hydrogen-bond donors (Lipinski definition) is 2. The number of anilines is 2. The zero-order valence-electron chi connectivity index (χ0n) is 9.81. The van der Waals surface area contributed by atoms with E-state index in [2.05, 4.69) is 13.0 Å². The van der Waals surface area contributed by atoms with E-state index in [-0.39, 0.29) is 0 Å². The summed E-state index contributed by atoms with van der Waals surface area (Å²) in [6.07, 6.45) is 0. The summed E-state index contributed by atoms with van der Waals surface area (Å²) in [6.45, 7) is 2.12. The van der Waals surface area contributed by atoms with E-state index in [1.54, 1.807) is 11.8 Å². The van der Waals surface area contributed by atoms with Gasteiger partial charge in [0.2, 0.25) is 0 Å². The molecule has 0 fully saturated rings. The largest absolute Gasteiger partial charge is 0.399 e. The highest BCUT2D eigenvalue weighted by Crippen LogP contribution is 2.30. The number of nitrogens with two attached hydrogens (primary N) is 2. The summed E-state index contributed by atoms with van der Waals surface area (Å²) in [7, 11) is 0. The molecule has 0 aromatic heterocycles. The van der Waals surface area contributed by atoms with Crippen LogP contribution in [0.15, 0.2) is 47.4 Å². The van der Waals surface area contributed by atoms with Crippen molar-refractivity contribution in [1.29, 1.82) is 0 Å². The van der Waals surface area contributed by atoms with Crippen molar-refractivity contribution in [3.05, 3.63) is 42.5 Å². The van der Waals surface area contributed by atoms with Gasteiger partial charge in [-0.25, -0.2) is 0 Å². The predicted molar refractivity (Wildman–Crippen MR) is 77.1 cm³/mol. The highest BCUT2D eigenvalue weighted by molar-refractivity contribution is 7.99. The molecule has 0 saturated heterocycles. The van der Waals surface area contributed by atoms with Crippen LogP contribution in [0.4, 0.5) is 11.4 Å². The normalized spacial score (nSPS) is 10.4. The Balaban J connectivity index is 2.39. The van der Waals surface area contributed by atoms with Gasteiger partial charge in [-0.2, -0.15) is 0 Å². The smallest absolute Gasteiger partial charge is 0.0452 e. The minimum atomic E-state index is 0.785. The second-order valence-electron chi connectivity index (χ2n) is 3.81. The van der Waals surface area contributed by atoms with Gasteiger partial charge in [-0.15, -0.1) is 11.8 Å². The van der Waals surface area contributed by atoms with E-state index in [0.29, 0.717) is 0 Å². The van der Waals surface area contributed by atoms with Gasteiger partial charge in [0.25, 0.3) is 0 Å². The van der Waals surface area contributed by atoms with E-state index in [1.807, 2.05) is 36.4 Å². The molecule has 0 heterocycles. The third-order valence-corrected chi connectivity index (χ3v) is 3.51. The Labute approximate surface area is 106 Å². The molecule has 4 N–H and O–H groups in total. The molecule has 2 aromatic rings. The molecule has 0 atom stereocenters. The van der Waals surface area contributed by atoms with Gasteiger partial charge < -0.3 is 11.5 Å². The molecule has 0 amide bonds. The van der Waals surface area contributed by atoms with Crippen molar-refractivity contribution in [2.24, 2.45) is 0 Å². The summed E-state index contributed by atoms with van der Waals surface area (Å²) < 4.78 is 0. The number of hydrogen-bond acceptors (Lipinski definition) is 3. The molecule has 0 unspecified atom stereocenters. The molecule has 0 radical (unpaired) electrons. The first-order valence-electron chi connectivity index (χ1n) is 5.59. The van der Waals surface area contributed by atoms with E-state index in [4.69, 9.17) is 11.5 Å². The van der Waals surface area contributed by atoms with Gasteiger partial charge in [0.15, 0.2) is 0 Å². The van der Waals surface area contributed by atoms with Crippen LogP contribution >= 0.6 is 11.8 Å². The molecule has 0 aliphatic carbocycles. The Kier molecular flexibility index (Phi) is 3.59. The van der Waals surface area contributed by atoms with Crippen LogP contribution in [0, 0.1) is 0 Å². The van der Waals surface area contributed by atoms with E-state index < -0.39 is 0 Å². The van der Waals surface area contributed by atoms with Crippen molar-refractivity contribution < 1.29 is 0 Å². The lowest BCUT2D eigenvalue weighted by Crippen LogP contribution is -1.90. The van der Waals surface area contributed by atoms with Gasteiger partial charge in [0.1, 0.15) is 0 Å². The lowest BCUT2D eigenvalue weighted by atomic mass is 10.1. The Hall–Kier alpha value is -1.61. The maximum absolute atomic E-state index is 5.94. The van der Waals surface area contributed by atoms with Crippen LogP contribution in [0.5, 0.6) is 0 Å². The van der Waals surface area contributed by atoms with Crippen LogP contribution in [0.2, 0.25) is 0 Å². The number of thioether (sulfide) groups is 1. The summed E-state index contributed by atoms with van der Waals surface area (Å²) in [4.78, 5) is 1.14. The van der Waals surface area contributed by atoms with Crippen LogP contribution in [-0.2, 0) is 0 Å². The molecule has 0 saturated carbocycles.